The van der Waals surface area contributed by atoms with Gasteiger partial charge in [0.15, 0.2) is 0 Å². The molecule has 0 aliphatic rings. The van der Waals surface area contributed by atoms with E-state index in [9.17, 15) is 4.79 Å². The minimum absolute atomic E-state index is 0.0829. The van der Waals surface area contributed by atoms with Gasteiger partial charge in [0.2, 0.25) is 5.91 Å². The normalized spacial score (nSPS) is 11.9. The molecule has 0 aliphatic heterocycles. The van der Waals surface area contributed by atoms with E-state index in [0.717, 1.165) is 11.4 Å². The second-order valence-corrected chi connectivity index (χ2v) is 2.05. The van der Waals surface area contributed by atoms with E-state index in [4.69, 9.17) is 0 Å². The highest BCUT2D eigenvalue weighted by Gasteiger charge is 1.94. The Hall–Kier alpha value is -1.12. The van der Waals surface area contributed by atoms with Crippen molar-refractivity contribution in [3.05, 3.63) is 11.4 Å². The zero-order chi connectivity index (χ0) is 8.15. The molecule has 0 unspecified atom stereocenters. The summed E-state index contributed by atoms with van der Waals surface area (Å²) in [6.45, 7) is 8.36. The van der Waals surface area contributed by atoms with Crippen LogP contribution in [0.2, 0.25) is 0 Å². The van der Waals surface area contributed by atoms with Crippen LogP contribution in [-0.2, 0) is 4.79 Å². The van der Waals surface area contributed by atoms with Crippen molar-refractivity contribution in [2.24, 2.45) is 4.99 Å². The lowest BCUT2D eigenvalue weighted by Crippen LogP contribution is -2.17. The van der Waals surface area contributed by atoms with Crippen molar-refractivity contribution >= 4 is 12.6 Å². The van der Waals surface area contributed by atoms with E-state index in [1.807, 2.05) is 0 Å². The summed E-state index contributed by atoms with van der Waals surface area (Å²) in [5, 5.41) is 2.60. The Bertz CT molecular complexity index is 182. The number of amides is 1. The molecule has 0 radical (unpaired) electrons. The molecule has 0 spiro atoms. The number of aliphatic imine (C=N–C) groups is 1. The maximum absolute atomic E-state index is 10.5. The predicted molar refractivity (Wildman–Crippen MR) is 41.7 cm³/mol. The van der Waals surface area contributed by atoms with Gasteiger partial charge in [-0.15, -0.1) is 0 Å². The number of carbonyl (C=O) groups excluding carboxylic acids is 1. The number of nitrogens with zero attached hydrogens (tertiary/aromatic N) is 1. The number of allylic oxidation sites excluding steroid dienone is 2. The molecular formula is C7H12N2O. The SMILES string of the molecule is C=N/C(C)=C(/C)NC(C)=O. The van der Waals surface area contributed by atoms with Gasteiger partial charge in [0.25, 0.3) is 0 Å². The van der Waals surface area contributed by atoms with Crippen LogP contribution in [0.25, 0.3) is 0 Å². The average molecular weight is 140 g/mol. The van der Waals surface area contributed by atoms with Gasteiger partial charge in [0, 0.05) is 12.6 Å². The van der Waals surface area contributed by atoms with Crippen molar-refractivity contribution < 1.29 is 4.79 Å². The number of hydrogen-bond donors (Lipinski definition) is 1. The Morgan fingerprint density at radius 2 is 1.90 bits per heavy atom. The summed E-state index contributed by atoms with van der Waals surface area (Å²) in [7, 11) is 0. The molecule has 0 aromatic rings. The van der Waals surface area contributed by atoms with Crippen molar-refractivity contribution in [2.45, 2.75) is 20.8 Å². The van der Waals surface area contributed by atoms with Crippen molar-refractivity contribution in [1.82, 2.24) is 5.32 Å². The quantitative estimate of drug-likeness (QED) is 0.573. The summed E-state index contributed by atoms with van der Waals surface area (Å²) in [6.07, 6.45) is 0. The molecule has 0 saturated carbocycles. The first kappa shape index (κ1) is 8.88. The van der Waals surface area contributed by atoms with Crippen LogP contribution in [0.3, 0.4) is 0 Å². The smallest absolute Gasteiger partial charge is 0.221 e. The fourth-order valence-corrected chi connectivity index (χ4v) is 0.473. The van der Waals surface area contributed by atoms with Crippen molar-refractivity contribution in [3.63, 3.8) is 0 Å². The second-order valence-electron chi connectivity index (χ2n) is 2.05. The average Bonchev–Trinajstić information content (AvgIpc) is 1.85. The number of hydrogen-bond acceptors (Lipinski definition) is 2. The lowest BCUT2D eigenvalue weighted by atomic mass is 10.4. The molecule has 0 saturated heterocycles. The van der Waals surface area contributed by atoms with E-state index < -0.39 is 0 Å². The fourth-order valence-electron chi connectivity index (χ4n) is 0.473. The fraction of sp³-hybridized carbons (Fsp3) is 0.429. The third-order valence-electron chi connectivity index (χ3n) is 1.14. The molecule has 1 N–H and O–H groups in total. The van der Waals surface area contributed by atoms with E-state index >= 15 is 0 Å². The van der Waals surface area contributed by atoms with Crippen LogP contribution in [0, 0.1) is 0 Å². The molecule has 0 aromatic heterocycles. The standard InChI is InChI=1S/C7H12N2O/c1-5(8-4)6(2)9-7(3)10/h4H2,1-3H3,(H,9,10)/b6-5-. The van der Waals surface area contributed by atoms with Crippen molar-refractivity contribution in [2.75, 3.05) is 0 Å². The number of rotatable bonds is 2. The zero-order valence-electron chi connectivity index (χ0n) is 6.56. The molecule has 0 aliphatic carbocycles. The van der Waals surface area contributed by atoms with Crippen molar-refractivity contribution in [3.8, 4) is 0 Å². The summed E-state index contributed by atoms with van der Waals surface area (Å²) in [4.78, 5) is 14.1. The van der Waals surface area contributed by atoms with E-state index in [1.165, 1.54) is 6.92 Å². The van der Waals surface area contributed by atoms with Gasteiger partial charge in [-0.3, -0.25) is 9.79 Å². The van der Waals surface area contributed by atoms with Gasteiger partial charge in [0.05, 0.1) is 5.70 Å². The Balaban J connectivity index is 4.18. The molecule has 0 heterocycles. The van der Waals surface area contributed by atoms with Crippen LogP contribution in [0.15, 0.2) is 16.4 Å². The molecule has 0 rings (SSSR count). The molecule has 0 atom stereocenters. The largest absolute Gasteiger partial charge is 0.329 e. The lowest BCUT2D eigenvalue weighted by molar-refractivity contribution is -0.118. The van der Waals surface area contributed by atoms with E-state index in [-0.39, 0.29) is 5.91 Å². The van der Waals surface area contributed by atoms with Crippen LogP contribution in [0.1, 0.15) is 20.8 Å². The van der Waals surface area contributed by atoms with Gasteiger partial charge >= 0.3 is 0 Å². The molecule has 56 valence electrons. The van der Waals surface area contributed by atoms with Gasteiger partial charge in [0.1, 0.15) is 0 Å². The van der Waals surface area contributed by atoms with Gasteiger partial charge in [-0.1, -0.05) is 0 Å². The third kappa shape index (κ3) is 3.02. The molecule has 1 amide bonds. The Morgan fingerprint density at radius 3 is 2.20 bits per heavy atom. The van der Waals surface area contributed by atoms with Crippen molar-refractivity contribution in [1.29, 1.82) is 0 Å². The summed E-state index contributed by atoms with van der Waals surface area (Å²) in [5.41, 5.74) is 1.50. The minimum Gasteiger partial charge on any atom is -0.329 e. The summed E-state index contributed by atoms with van der Waals surface area (Å²) in [5.74, 6) is -0.0829. The van der Waals surface area contributed by atoms with E-state index in [0.29, 0.717) is 0 Å². The Kier molecular flexibility index (Phi) is 3.39. The predicted octanol–water partition coefficient (Wildman–Crippen LogP) is 1.07. The summed E-state index contributed by atoms with van der Waals surface area (Å²) in [6, 6.07) is 0. The topological polar surface area (TPSA) is 41.5 Å². The van der Waals surface area contributed by atoms with Crippen LogP contribution in [0.4, 0.5) is 0 Å². The minimum atomic E-state index is -0.0829. The van der Waals surface area contributed by atoms with Crippen LogP contribution in [-0.4, -0.2) is 12.6 Å². The molecule has 0 aromatic carbocycles. The highest BCUT2D eigenvalue weighted by molar-refractivity contribution is 5.74. The summed E-state index contributed by atoms with van der Waals surface area (Å²) >= 11 is 0. The first-order chi connectivity index (χ1) is 4.57. The molecule has 3 nitrogen and oxygen atoms in total. The van der Waals surface area contributed by atoms with Crippen LogP contribution in [0.5, 0.6) is 0 Å². The monoisotopic (exact) mass is 140 g/mol. The highest BCUT2D eigenvalue weighted by atomic mass is 16.1. The molecule has 0 bridgehead atoms. The Morgan fingerprint density at radius 1 is 1.40 bits per heavy atom. The lowest BCUT2D eigenvalue weighted by Gasteiger charge is -2.02. The second kappa shape index (κ2) is 3.82. The van der Waals surface area contributed by atoms with Gasteiger partial charge in [-0.25, -0.2) is 0 Å². The van der Waals surface area contributed by atoms with Crippen LogP contribution >= 0.6 is 0 Å². The third-order valence-corrected chi connectivity index (χ3v) is 1.14. The first-order valence-electron chi connectivity index (χ1n) is 2.99. The molecule has 0 fully saturated rings. The molecule has 3 heteroatoms. The van der Waals surface area contributed by atoms with E-state index in [1.54, 1.807) is 13.8 Å². The van der Waals surface area contributed by atoms with Gasteiger partial charge in [-0.05, 0) is 20.6 Å². The molecular weight excluding hydrogens is 128 g/mol. The summed E-state index contributed by atoms with van der Waals surface area (Å²) < 4.78 is 0. The maximum atomic E-state index is 10.5. The first-order valence-corrected chi connectivity index (χ1v) is 2.99. The van der Waals surface area contributed by atoms with E-state index in [2.05, 4.69) is 17.0 Å². The number of nitrogens with one attached hydrogen (secondary N) is 1. The van der Waals surface area contributed by atoms with Crippen LogP contribution < -0.4 is 5.32 Å². The van der Waals surface area contributed by atoms with Gasteiger partial charge in [-0.2, -0.15) is 0 Å². The molecule has 10 heavy (non-hydrogen) atoms. The highest BCUT2D eigenvalue weighted by Crippen LogP contribution is 1.98. The number of carbonyl (C=O) groups is 1. The Labute approximate surface area is 60.8 Å². The van der Waals surface area contributed by atoms with Gasteiger partial charge < -0.3 is 5.32 Å². The zero-order valence-corrected chi connectivity index (χ0v) is 6.56. The maximum Gasteiger partial charge on any atom is 0.221 e.